The van der Waals surface area contributed by atoms with E-state index in [0.29, 0.717) is 15.7 Å². The zero-order chi connectivity index (χ0) is 14.4. The van der Waals surface area contributed by atoms with Crippen LogP contribution >= 0.6 is 34.7 Å². The van der Waals surface area contributed by atoms with Crippen molar-refractivity contribution in [3.63, 3.8) is 0 Å². The molecule has 20 heavy (non-hydrogen) atoms. The first-order chi connectivity index (χ1) is 9.69. The van der Waals surface area contributed by atoms with E-state index in [1.807, 2.05) is 0 Å². The van der Waals surface area contributed by atoms with E-state index in [4.69, 9.17) is 11.6 Å². The predicted molar refractivity (Wildman–Crippen MR) is 85.2 cm³/mol. The number of ketones is 1. The van der Waals surface area contributed by atoms with E-state index >= 15 is 0 Å². The third kappa shape index (κ3) is 4.47. The maximum atomic E-state index is 12.0. The first-order valence-electron chi connectivity index (χ1n) is 6.18. The van der Waals surface area contributed by atoms with E-state index in [9.17, 15) is 4.79 Å². The molecule has 2 aromatic rings. The van der Waals surface area contributed by atoms with E-state index in [2.05, 4.69) is 22.4 Å². The number of rotatable bonds is 7. The van der Waals surface area contributed by atoms with Crippen molar-refractivity contribution in [2.24, 2.45) is 0 Å². The Kier molecular flexibility index (Phi) is 5.82. The van der Waals surface area contributed by atoms with Crippen molar-refractivity contribution in [3.05, 3.63) is 34.9 Å². The number of hydrogen-bond donors (Lipinski definition) is 1. The SMILES string of the molecule is CCCSc1nnc(NCC(=O)c2ccc(Cl)cc2)s1. The van der Waals surface area contributed by atoms with Crippen LogP contribution < -0.4 is 5.32 Å². The second-order valence-electron chi connectivity index (χ2n) is 4.01. The van der Waals surface area contributed by atoms with Crippen LogP contribution in [-0.4, -0.2) is 28.3 Å². The molecule has 0 saturated carbocycles. The summed E-state index contributed by atoms with van der Waals surface area (Å²) in [6, 6.07) is 6.85. The molecule has 0 saturated heterocycles. The summed E-state index contributed by atoms with van der Waals surface area (Å²) in [6.07, 6.45) is 1.10. The average Bonchev–Trinajstić information content (AvgIpc) is 2.91. The molecule has 2 rings (SSSR count). The normalized spacial score (nSPS) is 10.5. The molecule has 0 bridgehead atoms. The lowest BCUT2D eigenvalue weighted by molar-refractivity contribution is 0.101. The smallest absolute Gasteiger partial charge is 0.206 e. The Morgan fingerprint density at radius 1 is 1.35 bits per heavy atom. The zero-order valence-electron chi connectivity index (χ0n) is 10.9. The van der Waals surface area contributed by atoms with E-state index < -0.39 is 0 Å². The highest BCUT2D eigenvalue weighted by Gasteiger charge is 2.08. The van der Waals surface area contributed by atoms with Gasteiger partial charge in [0.1, 0.15) is 0 Å². The average molecular weight is 328 g/mol. The summed E-state index contributed by atoms with van der Waals surface area (Å²) in [5, 5.41) is 12.4. The lowest BCUT2D eigenvalue weighted by atomic mass is 10.1. The molecular weight excluding hydrogens is 314 g/mol. The molecule has 0 atom stereocenters. The van der Waals surface area contributed by atoms with Gasteiger partial charge in [0.25, 0.3) is 0 Å². The quantitative estimate of drug-likeness (QED) is 0.615. The van der Waals surface area contributed by atoms with Crippen molar-refractivity contribution < 1.29 is 4.79 Å². The van der Waals surface area contributed by atoms with E-state index in [-0.39, 0.29) is 12.3 Å². The molecule has 0 spiro atoms. The number of halogens is 1. The molecule has 1 aromatic carbocycles. The summed E-state index contributed by atoms with van der Waals surface area (Å²) in [7, 11) is 0. The maximum absolute atomic E-state index is 12.0. The fourth-order valence-corrected chi connectivity index (χ4v) is 3.22. The van der Waals surface area contributed by atoms with Gasteiger partial charge in [-0.05, 0) is 30.7 Å². The van der Waals surface area contributed by atoms with Crippen LogP contribution in [0.15, 0.2) is 28.6 Å². The molecule has 1 N–H and O–H groups in total. The Morgan fingerprint density at radius 2 is 2.10 bits per heavy atom. The van der Waals surface area contributed by atoms with Gasteiger partial charge in [-0.25, -0.2) is 0 Å². The van der Waals surface area contributed by atoms with Crippen LogP contribution in [-0.2, 0) is 0 Å². The minimum Gasteiger partial charge on any atom is -0.353 e. The number of aromatic nitrogens is 2. The molecule has 0 unspecified atom stereocenters. The van der Waals surface area contributed by atoms with E-state index in [0.717, 1.165) is 16.5 Å². The molecule has 1 aromatic heterocycles. The van der Waals surface area contributed by atoms with Crippen LogP contribution in [0.3, 0.4) is 0 Å². The number of nitrogens with zero attached hydrogens (tertiary/aromatic N) is 2. The summed E-state index contributed by atoms with van der Waals surface area (Å²) in [5.74, 6) is 1.03. The van der Waals surface area contributed by atoms with E-state index in [1.54, 1.807) is 36.0 Å². The summed E-state index contributed by atoms with van der Waals surface area (Å²) < 4.78 is 0.924. The molecule has 106 valence electrons. The Labute approximate surface area is 130 Å². The largest absolute Gasteiger partial charge is 0.353 e. The molecule has 0 aliphatic rings. The highest BCUT2D eigenvalue weighted by Crippen LogP contribution is 2.25. The third-order valence-electron chi connectivity index (χ3n) is 2.40. The van der Waals surface area contributed by atoms with Gasteiger partial charge in [0.05, 0.1) is 6.54 Å². The van der Waals surface area contributed by atoms with Crippen LogP contribution in [0.2, 0.25) is 5.02 Å². The Morgan fingerprint density at radius 3 is 2.80 bits per heavy atom. The van der Waals surface area contributed by atoms with Gasteiger partial charge in [-0.15, -0.1) is 10.2 Å². The Bertz CT molecular complexity index is 571. The first kappa shape index (κ1) is 15.3. The van der Waals surface area contributed by atoms with Gasteiger partial charge in [0, 0.05) is 16.3 Å². The number of carbonyl (C=O) groups is 1. The maximum Gasteiger partial charge on any atom is 0.206 e. The van der Waals surface area contributed by atoms with Crippen molar-refractivity contribution in [2.45, 2.75) is 17.7 Å². The zero-order valence-corrected chi connectivity index (χ0v) is 13.3. The van der Waals surface area contributed by atoms with E-state index in [1.165, 1.54) is 11.3 Å². The predicted octanol–water partition coefficient (Wildman–Crippen LogP) is 3.99. The third-order valence-corrected chi connectivity index (χ3v) is 4.87. The number of thioether (sulfide) groups is 1. The number of hydrogen-bond acceptors (Lipinski definition) is 6. The van der Waals surface area contributed by atoms with Gasteiger partial charge in [-0.3, -0.25) is 4.79 Å². The van der Waals surface area contributed by atoms with Gasteiger partial charge in [0.15, 0.2) is 10.1 Å². The summed E-state index contributed by atoms with van der Waals surface area (Å²) >= 11 is 8.94. The van der Waals surface area contributed by atoms with Crippen LogP contribution in [0.25, 0.3) is 0 Å². The molecule has 0 fully saturated rings. The topological polar surface area (TPSA) is 54.9 Å². The van der Waals surface area contributed by atoms with Crippen LogP contribution in [0.5, 0.6) is 0 Å². The monoisotopic (exact) mass is 327 g/mol. The number of benzene rings is 1. The fourth-order valence-electron chi connectivity index (χ4n) is 1.42. The minimum atomic E-state index is -0.000345. The summed E-state index contributed by atoms with van der Waals surface area (Å²) in [6.45, 7) is 2.33. The number of carbonyl (C=O) groups excluding carboxylic acids is 1. The molecular formula is C13H14ClN3OS2. The van der Waals surface area contributed by atoms with Gasteiger partial charge in [-0.2, -0.15) is 0 Å². The van der Waals surface area contributed by atoms with Crippen molar-refractivity contribution in [2.75, 3.05) is 17.6 Å². The second kappa shape index (κ2) is 7.61. The molecule has 0 amide bonds. The van der Waals surface area contributed by atoms with Gasteiger partial charge in [-0.1, -0.05) is 41.6 Å². The first-order valence-corrected chi connectivity index (χ1v) is 8.36. The van der Waals surface area contributed by atoms with Gasteiger partial charge < -0.3 is 5.32 Å². The van der Waals surface area contributed by atoms with Crippen LogP contribution in [0.1, 0.15) is 23.7 Å². The lowest BCUT2D eigenvalue weighted by Crippen LogP contribution is -2.13. The summed E-state index contributed by atoms with van der Waals surface area (Å²) in [4.78, 5) is 12.0. The number of anilines is 1. The highest BCUT2D eigenvalue weighted by atomic mass is 35.5. The fraction of sp³-hybridized carbons (Fsp3) is 0.308. The van der Waals surface area contributed by atoms with Crippen molar-refractivity contribution in [3.8, 4) is 0 Å². The molecule has 4 nitrogen and oxygen atoms in total. The highest BCUT2D eigenvalue weighted by molar-refractivity contribution is 8.01. The minimum absolute atomic E-state index is 0.000345. The molecule has 0 aliphatic carbocycles. The van der Waals surface area contributed by atoms with Gasteiger partial charge in [0.2, 0.25) is 5.13 Å². The Hall–Kier alpha value is -1.11. The van der Waals surface area contributed by atoms with Crippen molar-refractivity contribution in [1.82, 2.24) is 10.2 Å². The molecule has 7 heteroatoms. The molecule has 0 radical (unpaired) electrons. The number of Topliss-reactive ketones (excluding diaryl/α,β-unsaturated/α-hetero) is 1. The standard InChI is InChI=1S/C13H14ClN3OS2/c1-2-7-19-13-17-16-12(20-13)15-8-11(18)9-3-5-10(14)6-4-9/h3-6H,2,7-8H2,1H3,(H,15,16). The second-order valence-corrected chi connectivity index (χ2v) is 6.76. The van der Waals surface area contributed by atoms with Crippen LogP contribution in [0.4, 0.5) is 5.13 Å². The molecule has 0 aliphatic heterocycles. The summed E-state index contributed by atoms with van der Waals surface area (Å²) in [5.41, 5.74) is 0.631. The van der Waals surface area contributed by atoms with Crippen molar-refractivity contribution >= 4 is 45.6 Å². The van der Waals surface area contributed by atoms with Crippen molar-refractivity contribution in [1.29, 1.82) is 0 Å². The Balaban J connectivity index is 1.86. The lowest BCUT2D eigenvalue weighted by Gasteiger charge is -2.01. The van der Waals surface area contributed by atoms with Crippen LogP contribution in [0, 0.1) is 0 Å². The molecule has 1 heterocycles. The van der Waals surface area contributed by atoms with Gasteiger partial charge >= 0.3 is 0 Å². The number of nitrogens with one attached hydrogen (secondary N) is 1.